The topological polar surface area (TPSA) is 70.6 Å². The predicted molar refractivity (Wildman–Crippen MR) is 125 cm³/mol. The van der Waals surface area contributed by atoms with Crippen molar-refractivity contribution >= 4 is 46.0 Å². The van der Waals surface area contributed by atoms with Gasteiger partial charge in [-0.05, 0) is 77.0 Å². The summed E-state index contributed by atoms with van der Waals surface area (Å²) in [4.78, 5) is 46.5. The molecule has 1 saturated heterocycles. The van der Waals surface area contributed by atoms with Crippen molar-refractivity contribution in [3.05, 3.63) is 93.3 Å². The number of aryl methyl sites for hydroxylation is 1. The average molecular weight is 525 g/mol. The molecule has 6 nitrogen and oxygen atoms in total. The number of benzene rings is 2. The highest BCUT2D eigenvalue weighted by Crippen LogP contribution is 2.28. The molecule has 0 N–H and O–H groups in total. The largest absolute Gasteiger partial charge is 0.322 e. The van der Waals surface area contributed by atoms with E-state index in [1.54, 1.807) is 42.7 Å². The van der Waals surface area contributed by atoms with Gasteiger partial charge in [-0.1, -0.05) is 24.3 Å². The zero-order valence-electron chi connectivity index (χ0n) is 16.9. The lowest BCUT2D eigenvalue weighted by Gasteiger charge is -2.28. The standard InChI is InChI=1S/C24H20IN3O3/c1-16-5-2-3-7-20(16)23(30)27(15-17-6-4-12-26-14-17)21-13-22(29)28(24(21)31)19-10-8-18(25)9-11-19/h2-12,14,21H,13,15H2,1H3. The monoisotopic (exact) mass is 525 g/mol. The Labute approximate surface area is 194 Å². The van der Waals surface area contributed by atoms with Gasteiger partial charge in [0.05, 0.1) is 12.1 Å². The molecule has 7 heteroatoms. The molecule has 2 aromatic carbocycles. The van der Waals surface area contributed by atoms with Crippen LogP contribution in [0.5, 0.6) is 0 Å². The number of aromatic nitrogens is 1. The Kier molecular flexibility index (Phi) is 6.13. The second-order valence-electron chi connectivity index (χ2n) is 7.37. The van der Waals surface area contributed by atoms with Crippen molar-refractivity contribution in [1.82, 2.24) is 9.88 Å². The fourth-order valence-electron chi connectivity index (χ4n) is 3.70. The Morgan fingerprint density at radius 3 is 2.52 bits per heavy atom. The minimum Gasteiger partial charge on any atom is -0.322 e. The molecule has 0 radical (unpaired) electrons. The molecule has 1 fully saturated rings. The molecular weight excluding hydrogens is 505 g/mol. The van der Waals surface area contributed by atoms with Crippen LogP contribution in [-0.4, -0.2) is 33.6 Å². The number of carbonyl (C=O) groups is 3. The summed E-state index contributed by atoms with van der Waals surface area (Å²) in [5.74, 6) is -0.987. The van der Waals surface area contributed by atoms with Crippen molar-refractivity contribution < 1.29 is 14.4 Å². The molecule has 1 atom stereocenters. The van der Waals surface area contributed by atoms with Crippen molar-refractivity contribution in [2.75, 3.05) is 4.90 Å². The number of imide groups is 1. The van der Waals surface area contributed by atoms with Gasteiger partial charge in [0.1, 0.15) is 6.04 Å². The first-order chi connectivity index (χ1) is 15.0. The van der Waals surface area contributed by atoms with Crippen LogP contribution < -0.4 is 4.90 Å². The Morgan fingerprint density at radius 1 is 1.10 bits per heavy atom. The van der Waals surface area contributed by atoms with E-state index in [0.717, 1.165) is 14.7 Å². The van der Waals surface area contributed by atoms with E-state index in [-0.39, 0.29) is 24.8 Å². The summed E-state index contributed by atoms with van der Waals surface area (Å²) in [6, 6.07) is 17.2. The molecule has 0 spiro atoms. The number of amides is 3. The van der Waals surface area contributed by atoms with Crippen molar-refractivity contribution in [2.24, 2.45) is 0 Å². The molecular formula is C24H20IN3O3. The molecule has 31 heavy (non-hydrogen) atoms. The molecule has 0 saturated carbocycles. The van der Waals surface area contributed by atoms with E-state index in [4.69, 9.17) is 0 Å². The van der Waals surface area contributed by atoms with E-state index in [1.807, 2.05) is 37.3 Å². The summed E-state index contributed by atoms with van der Waals surface area (Å²) in [7, 11) is 0. The molecule has 1 aliphatic heterocycles. The van der Waals surface area contributed by atoms with E-state index in [2.05, 4.69) is 27.6 Å². The molecule has 1 aromatic heterocycles. The maximum absolute atomic E-state index is 13.5. The van der Waals surface area contributed by atoms with Crippen molar-refractivity contribution in [1.29, 1.82) is 0 Å². The number of pyridine rings is 1. The van der Waals surface area contributed by atoms with Gasteiger partial charge in [-0.2, -0.15) is 0 Å². The highest BCUT2D eigenvalue weighted by atomic mass is 127. The zero-order valence-corrected chi connectivity index (χ0v) is 19.0. The molecule has 1 aliphatic rings. The van der Waals surface area contributed by atoms with Crippen molar-refractivity contribution in [3.63, 3.8) is 0 Å². The number of nitrogens with zero attached hydrogens (tertiary/aromatic N) is 3. The molecule has 156 valence electrons. The number of hydrogen-bond donors (Lipinski definition) is 0. The first-order valence-electron chi connectivity index (χ1n) is 9.83. The minimum absolute atomic E-state index is 0.0529. The van der Waals surface area contributed by atoms with E-state index in [9.17, 15) is 14.4 Å². The van der Waals surface area contributed by atoms with Gasteiger partial charge in [-0.25, -0.2) is 4.90 Å². The lowest BCUT2D eigenvalue weighted by molar-refractivity contribution is -0.122. The maximum atomic E-state index is 13.5. The van der Waals surface area contributed by atoms with Gasteiger partial charge >= 0.3 is 0 Å². The lowest BCUT2D eigenvalue weighted by Crippen LogP contribution is -2.45. The van der Waals surface area contributed by atoms with Crippen LogP contribution in [0.4, 0.5) is 5.69 Å². The van der Waals surface area contributed by atoms with Crippen LogP contribution in [0, 0.1) is 10.5 Å². The Bertz CT molecular complexity index is 1130. The van der Waals surface area contributed by atoms with Gasteiger partial charge in [-0.3, -0.25) is 19.4 Å². The summed E-state index contributed by atoms with van der Waals surface area (Å²) < 4.78 is 1.00. The summed E-state index contributed by atoms with van der Waals surface area (Å²) in [6.07, 6.45) is 3.26. The van der Waals surface area contributed by atoms with Gasteiger partial charge in [0.2, 0.25) is 5.91 Å². The molecule has 2 heterocycles. The van der Waals surface area contributed by atoms with Crippen molar-refractivity contribution in [2.45, 2.75) is 25.9 Å². The van der Waals surface area contributed by atoms with Gasteiger partial charge in [0, 0.05) is 28.1 Å². The zero-order chi connectivity index (χ0) is 22.0. The minimum atomic E-state index is -0.876. The molecule has 1 unspecified atom stereocenters. The summed E-state index contributed by atoms with van der Waals surface area (Å²) in [5, 5.41) is 0. The van der Waals surface area contributed by atoms with E-state index < -0.39 is 11.9 Å². The number of halogens is 1. The highest BCUT2D eigenvalue weighted by molar-refractivity contribution is 14.1. The van der Waals surface area contributed by atoms with Crippen LogP contribution in [0.3, 0.4) is 0 Å². The van der Waals surface area contributed by atoms with Crippen LogP contribution in [0.2, 0.25) is 0 Å². The number of hydrogen-bond acceptors (Lipinski definition) is 4. The summed E-state index contributed by atoms with van der Waals surface area (Å²) >= 11 is 2.17. The Balaban J connectivity index is 1.70. The van der Waals surface area contributed by atoms with Gasteiger partial charge in [-0.15, -0.1) is 0 Å². The maximum Gasteiger partial charge on any atom is 0.257 e. The second-order valence-corrected chi connectivity index (χ2v) is 8.62. The summed E-state index contributed by atoms with van der Waals surface area (Å²) in [6.45, 7) is 2.04. The third-order valence-corrected chi connectivity index (χ3v) is 6.02. The van der Waals surface area contributed by atoms with Gasteiger partial charge < -0.3 is 4.90 Å². The van der Waals surface area contributed by atoms with Gasteiger partial charge in [0.15, 0.2) is 0 Å². The van der Waals surface area contributed by atoms with Crippen molar-refractivity contribution in [3.8, 4) is 0 Å². The van der Waals surface area contributed by atoms with Crippen LogP contribution in [0.1, 0.15) is 27.9 Å². The second kappa shape index (κ2) is 8.97. The van der Waals surface area contributed by atoms with Crippen LogP contribution >= 0.6 is 22.6 Å². The lowest BCUT2D eigenvalue weighted by atomic mass is 10.1. The molecule has 3 amide bonds. The first-order valence-corrected chi connectivity index (χ1v) is 10.9. The van der Waals surface area contributed by atoms with Gasteiger partial charge in [0.25, 0.3) is 11.8 Å². The SMILES string of the molecule is Cc1ccccc1C(=O)N(Cc1cccnc1)C1CC(=O)N(c2ccc(I)cc2)C1=O. The average Bonchev–Trinajstić information content (AvgIpc) is 3.07. The molecule has 3 aromatic rings. The quantitative estimate of drug-likeness (QED) is 0.374. The number of rotatable bonds is 5. The van der Waals surface area contributed by atoms with Crippen LogP contribution in [-0.2, 0) is 16.1 Å². The first kappa shape index (κ1) is 21.2. The Morgan fingerprint density at radius 2 is 1.84 bits per heavy atom. The number of anilines is 1. The normalized spacial score (nSPS) is 15.9. The Hall–Kier alpha value is -3.07. The van der Waals surface area contributed by atoms with E-state index >= 15 is 0 Å². The van der Waals surface area contributed by atoms with Crippen LogP contribution in [0.25, 0.3) is 0 Å². The molecule has 0 bridgehead atoms. The van der Waals surface area contributed by atoms with E-state index in [1.165, 1.54) is 9.80 Å². The fourth-order valence-corrected chi connectivity index (χ4v) is 4.06. The smallest absolute Gasteiger partial charge is 0.257 e. The van der Waals surface area contributed by atoms with Crippen LogP contribution in [0.15, 0.2) is 73.1 Å². The highest BCUT2D eigenvalue weighted by Gasteiger charge is 2.44. The molecule has 0 aliphatic carbocycles. The third-order valence-electron chi connectivity index (χ3n) is 5.30. The van der Waals surface area contributed by atoms with E-state index in [0.29, 0.717) is 11.3 Å². The summed E-state index contributed by atoms with van der Waals surface area (Å²) in [5.41, 5.74) is 2.63. The molecule has 4 rings (SSSR count). The fraction of sp³-hybridized carbons (Fsp3) is 0.167. The third kappa shape index (κ3) is 4.36. The predicted octanol–water partition coefficient (Wildman–Crippen LogP) is 3.97. The number of carbonyl (C=O) groups excluding carboxylic acids is 3.